The van der Waals surface area contributed by atoms with Gasteiger partial charge in [-0.1, -0.05) is 20.8 Å². The number of nitrogens with one attached hydrogen (secondary N) is 2. The molecule has 1 aromatic rings. The molecule has 0 aliphatic rings. The van der Waals surface area contributed by atoms with E-state index in [0.29, 0.717) is 31.1 Å². The SMILES string of the molecule is CCC(=O)N[C@H](CC(C)C)C(=O)NCc1ccco1. The largest absolute Gasteiger partial charge is 0.467 e. The number of hydrogen-bond acceptors (Lipinski definition) is 3. The van der Waals surface area contributed by atoms with Gasteiger partial charge in [-0.15, -0.1) is 0 Å². The molecule has 0 spiro atoms. The van der Waals surface area contributed by atoms with Gasteiger partial charge in [-0.05, 0) is 24.5 Å². The maximum Gasteiger partial charge on any atom is 0.242 e. The lowest BCUT2D eigenvalue weighted by Crippen LogP contribution is -2.47. The maximum absolute atomic E-state index is 12.1. The lowest BCUT2D eigenvalue weighted by molar-refractivity contribution is -0.129. The Morgan fingerprint density at radius 3 is 2.63 bits per heavy atom. The fraction of sp³-hybridized carbons (Fsp3) is 0.571. The Morgan fingerprint density at radius 1 is 1.37 bits per heavy atom. The summed E-state index contributed by atoms with van der Waals surface area (Å²) in [5.41, 5.74) is 0. The van der Waals surface area contributed by atoms with E-state index in [1.807, 2.05) is 13.8 Å². The highest BCUT2D eigenvalue weighted by Gasteiger charge is 2.21. The first-order valence-electron chi connectivity index (χ1n) is 6.62. The van der Waals surface area contributed by atoms with Crippen LogP contribution in [0, 0.1) is 5.92 Å². The van der Waals surface area contributed by atoms with Crippen molar-refractivity contribution in [1.29, 1.82) is 0 Å². The Kier molecular flexibility index (Phi) is 6.12. The molecule has 0 saturated heterocycles. The van der Waals surface area contributed by atoms with Crippen molar-refractivity contribution in [1.82, 2.24) is 10.6 Å². The third kappa shape index (κ3) is 5.59. The average molecular weight is 266 g/mol. The van der Waals surface area contributed by atoms with Crippen LogP contribution in [0.1, 0.15) is 39.4 Å². The molecule has 2 N–H and O–H groups in total. The maximum atomic E-state index is 12.1. The Morgan fingerprint density at radius 2 is 2.11 bits per heavy atom. The van der Waals surface area contributed by atoms with Gasteiger partial charge in [0.2, 0.25) is 11.8 Å². The Bertz CT molecular complexity index is 399. The summed E-state index contributed by atoms with van der Waals surface area (Å²) >= 11 is 0. The number of rotatable bonds is 7. The first-order chi connectivity index (χ1) is 9.02. The summed E-state index contributed by atoms with van der Waals surface area (Å²) in [7, 11) is 0. The minimum absolute atomic E-state index is 0.112. The number of hydrogen-bond donors (Lipinski definition) is 2. The summed E-state index contributed by atoms with van der Waals surface area (Å²) in [5, 5.41) is 5.52. The molecule has 0 aromatic carbocycles. The summed E-state index contributed by atoms with van der Waals surface area (Å²) in [5.74, 6) is 0.737. The standard InChI is InChI=1S/C14H22N2O3/c1-4-13(17)16-12(8-10(2)3)14(18)15-9-11-6-5-7-19-11/h5-7,10,12H,4,8-9H2,1-3H3,(H,15,18)(H,16,17)/t12-/m1/s1. The van der Waals surface area contributed by atoms with Crippen LogP contribution in [0.2, 0.25) is 0 Å². The zero-order chi connectivity index (χ0) is 14.3. The molecule has 0 bridgehead atoms. The molecule has 0 unspecified atom stereocenters. The van der Waals surface area contributed by atoms with E-state index < -0.39 is 6.04 Å². The molecule has 0 aliphatic carbocycles. The molecule has 5 heteroatoms. The van der Waals surface area contributed by atoms with Crippen LogP contribution in [0.25, 0.3) is 0 Å². The zero-order valence-corrected chi connectivity index (χ0v) is 11.7. The van der Waals surface area contributed by atoms with E-state index in [4.69, 9.17) is 4.42 Å². The molecule has 5 nitrogen and oxygen atoms in total. The van der Waals surface area contributed by atoms with Gasteiger partial charge in [-0.25, -0.2) is 0 Å². The Hall–Kier alpha value is -1.78. The normalized spacial score (nSPS) is 12.2. The molecule has 0 saturated carbocycles. The van der Waals surface area contributed by atoms with Crippen molar-refractivity contribution in [3.63, 3.8) is 0 Å². The van der Waals surface area contributed by atoms with Crippen molar-refractivity contribution >= 4 is 11.8 Å². The van der Waals surface area contributed by atoms with Crippen LogP contribution in [0.3, 0.4) is 0 Å². The number of amides is 2. The van der Waals surface area contributed by atoms with Gasteiger partial charge in [0, 0.05) is 6.42 Å². The molecule has 1 aromatic heterocycles. The smallest absolute Gasteiger partial charge is 0.242 e. The molecule has 0 fully saturated rings. The van der Waals surface area contributed by atoms with E-state index in [9.17, 15) is 9.59 Å². The summed E-state index contributed by atoms with van der Waals surface area (Å²) in [6.07, 6.45) is 2.56. The van der Waals surface area contributed by atoms with Gasteiger partial charge in [0.1, 0.15) is 11.8 Å². The summed E-state index contributed by atoms with van der Waals surface area (Å²) in [6.45, 7) is 6.14. The Balaban J connectivity index is 2.52. The summed E-state index contributed by atoms with van der Waals surface area (Å²) < 4.78 is 5.14. The second-order valence-corrected chi connectivity index (χ2v) is 4.90. The van der Waals surface area contributed by atoms with Crippen LogP contribution in [-0.2, 0) is 16.1 Å². The molecule has 0 radical (unpaired) electrons. The molecular formula is C14H22N2O3. The van der Waals surface area contributed by atoms with E-state index in [0.717, 1.165) is 0 Å². The van der Waals surface area contributed by atoms with E-state index in [1.54, 1.807) is 25.3 Å². The second-order valence-electron chi connectivity index (χ2n) is 4.90. The van der Waals surface area contributed by atoms with E-state index in [-0.39, 0.29) is 11.8 Å². The molecule has 1 heterocycles. The number of carbonyl (C=O) groups excluding carboxylic acids is 2. The minimum atomic E-state index is -0.484. The van der Waals surface area contributed by atoms with Gasteiger partial charge < -0.3 is 15.1 Å². The van der Waals surface area contributed by atoms with Gasteiger partial charge in [-0.3, -0.25) is 9.59 Å². The summed E-state index contributed by atoms with van der Waals surface area (Å²) in [4.78, 5) is 23.5. The fourth-order valence-corrected chi connectivity index (χ4v) is 1.71. The highest BCUT2D eigenvalue weighted by atomic mass is 16.3. The second kappa shape index (κ2) is 7.61. The lowest BCUT2D eigenvalue weighted by atomic mass is 10.0. The molecule has 1 rings (SSSR count). The highest BCUT2D eigenvalue weighted by molar-refractivity contribution is 5.87. The number of furan rings is 1. The molecule has 1 atom stereocenters. The highest BCUT2D eigenvalue weighted by Crippen LogP contribution is 2.06. The van der Waals surface area contributed by atoms with Crippen molar-refractivity contribution in [2.75, 3.05) is 0 Å². The molecule has 2 amide bonds. The van der Waals surface area contributed by atoms with E-state index in [2.05, 4.69) is 10.6 Å². The predicted octanol–water partition coefficient (Wildman–Crippen LogP) is 1.84. The minimum Gasteiger partial charge on any atom is -0.467 e. The van der Waals surface area contributed by atoms with Crippen molar-refractivity contribution in [2.24, 2.45) is 5.92 Å². The van der Waals surface area contributed by atoms with E-state index in [1.165, 1.54) is 0 Å². The van der Waals surface area contributed by atoms with Crippen LogP contribution >= 0.6 is 0 Å². The first-order valence-corrected chi connectivity index (χ1v) is 6.62. The van der Waals surface area contributed by atoms with Crippen molar-refractivity contribution in [3.8, 4) is 0 Å². The third-order valence-corrected chi connectivity index (χ3v) is 2.70. The molecule has 19 heavy (non-hydrogen) atoms. The Labute approximate surface area is 113 Å². The monoisotopic (exact) mass is 266 g/mol. The topological polar surface area (TPSA) is 71.3 Å². The van der Waals surface area contributed by atoms with E-state index >= 15 is 0 Å². The lowest BCUT2D eigenvalue weighted by Gasteiger charge is -2.19. The zero-order valence-electron chi connectivity index (χ0n) is 11.7. The van der Waals surface area contributed by atoms with Crippen molar-refractivity contribution in [3.05, 3.63) is 24.2 Å². The third-order valence-electron chi connectivity index (χ3n) is 2.70. The van der Waals surface area contributed by atoms with Gasteiger partial charge in [-0.2, -0.15) is 0 Å². The van der Waals surface area contributed by atoms with Crippen LogP contribution in [-0.4, -0.2) is 17.9 Å². The van der Waals surface area contributed by atoms with Gasteiger partial charge in [0.25, 0.3) is 0 Å². The van der Waals surface area contributed by atoms with Crippen molar-refractivity contribution in [2.45, 2.75) is 46.2 Å². The van der Waals surface area contributed by atoms with Crippen LogP contribution in [0.15, 0.2) is 22.8 Å². The van der Waals surface area contributed by atoms with Gasteiger partial charge in [0.15, 0.2) is 0 Å². The van der Waals surface area contributed by atoms with Crippen molar-refractivity contribution < 1.29 is 14.0 Å². The predicted molar refractivity (Wildman–Crippen MR) is 72.2 cm³/mol. The fourth-order valence-electron chi connectivity index (χ4n) is 1.71. The quantitative estimate of drug-likeness (QED) is 0.791. The average Bonchev–Trinajstić information content (AvgIpc) is 2.87. The molecule has 0 aliphatic heterocycles. The summed E-state index contributed by atoms with van der Waals surface area (Å²) in [6, 6.07) is 3.08. The van der Waals surface area contributed by atoms with Gasteiger partial charge >= 0.3 is 0 Å². The van der Waals surface area contributed by atoms with Crippen LogP contribution in [0.4, 0.5) is 0 Å². The van der Waals surface area contributed by atoms with Gasteiger partial charge in [0.05, 0.1) is 12.8 Å². The first kappa shape index (κ1) is 15.3. The van der Waals surface area contributed by atoms with Crippen LogP contribution < -0.4 is 10.6 Å². The van der Waals surface area contributed by atoms with Crippen LogP contribution in [0.5, 0.6) is 0 Å². The number of carbonyl (C=O) groups is 2. The molecule has 106 valence electrons. The molecular weight excluding hydrogens is 244 g/mol.